The molecule has 0 aromatic heterocycles. The molecule has 1 fully saturated rings. The molecule has 1 rings (SSSR count). The van der Waals surface area contributed by atoms with Gasteiger partial charge in [0.2, 0.25) is 0 Å². The highest BCUT2D eigenvalue weighted by atomic mass is 16.7. The largest absolute Gasteiger partial charge is 0.423 e. The zero-order chi connectivity index (χ0) is 12.2. The van der Waals surface area contributed by atoms with E-state index in [1.807, 2.05) is 0 Å². The summed E-state index contributed by atoms with van der Waals surface area (Å²) in [6, 6.07) is 0. The SMILES string of the molecule is CCC(C)(OC(=O)C=[N+]=[N-])OC(=O)C1CC1. The first-order valence-corrected chi connectivity index (χ1v) is 5.14. The lowest BCUT2D eigenvalue weighted by molar-refractivity contribution is -0.221. The Labute approximate surface area is 93.2 Å². The van der Waals surface area contributed by atoms with Crippen LogP contribution in [0.4, 0.5) is 0 Å². The normalized spacial score (nSPS) is 17.9. The van der Waals surface area contributed by atoms with Crippen LogP contribution in [0, 0.1) is 5.92 Å². The molecule has 1 unspecified atom stereocenters. The van der Waals surface area contributed by atoms with Crippen LogP contribution in [-0.2, 0) is 19.1 Å². The molecule has 0 amide bonds. The first-order chi connectivity index (χ1) is 7.50. The maximum Gasteiger partial charge on any atom is 0.416 e. The van der Waals surface area contributed by atoms with Gasteiger partial charge in [-0.05, 0) is 12.8 Å². The van der Waals surface area contributed by atoms with E-state index in [4.69, 9.17) is 15.0 Å². The lowest BCUT2D eigenvalue weighted by atomic mass is 10.2. The van der Waals surface area contributed by atoms with E-state index in [1.165, 1.54) is 6.92 Å². The first kappa shape index (κ1) is 12.4. The molecule has 88 valence electrons. The van der Waals surface area contributed by atoms with Crippen LogP contribution in [0.2, 0.25) is 0 Å². The fourth-order valence-electron chi connectivity index (χ4n) is 1.07. The predicted molar refractivity (Wildman–Crippen MR) is 53.3 cm³/mol. The Kier molecular flexibility index (Phi) is 3.79. The first-order valence-electron chi connectivity index (χ1n) is 5.14. The second-order valence-electron chi connectivity index (χ2n) is 3.85. The van der Waals surface area contributed by atoms with E-state index in [9.17, 15) is 9.59 Å². The summed E-state index contributed by atoms with van der Waals surface area (Å²) in [5.74, 6) is -2.55. The minimum Gasteiger partial charge on any atom is -0.423 e. The molecule has 0 radical (unpaired) electrons. The molecule has 6 nitrogen and oxygen atoms in total. The van der Waals surface area contributed by atoms with Gasteiger partial charge >= 0.3 is 18.2 Å². The van der Waals surface area contributed by atoms with Crippen molar-refractivity contribution < 1.29 is 23.9 Å². The molecule has 0 heterocycles. The van der Waals surface area contributed by atoms with Crippen LogP contribution in [0.1, 0.15) is 33.1 Å². The Bertz CT molecular complexity index is 345. The van der Waals surface area contributed by atoms with Crippen LogP contribution in [0.15, 0.2) is 0 Å². The second-order valence-corrected chi connectivity index (χ2v) is 3.85. The summed E-state index contributed by atoms with van der Waals surface area (Å²) in [5.41, 5.74) is 8.15. The standard InChI is InChI=1S/C10H14N2O4/c1-3-10(2,15-8(13)6-12-11)16-9(14)7-4-5-7/h6-7H,3-5H2,1-2H3. The second kappa shape index (κ2) is 4.90. The van der Waals surface area contributed by atoms with Crippen LogP contribution in [0.5, 0.6) is 0 Å². The zero-order valence-corrected chi connectivity index (χ0v) is 9.30. The third-order valence-electron chi connectivity index (χ3n) is 2.35. The Morgan fingerprint density at radius 1 is 1.50 bits per heavy atom. The van der Waals surface area contributed by atoms with Gasteiger partial charge in [-0.15, -0.1) is 0 Å². The molecule has 16 heavy (non-hydrogen) atoms. The van der Waals surface area contributed by atoms with Gasteiger partial charge in [0, 0.05) is 13.3 Å². The van der Waals surface area contributed by atoms with Crippen molar-refractivity contribution in [2.75, 3.05) is 0 Å². The van der Waals surface area contributed by atoms with Crippen LogP contribution >= 0.6 is 0 Å². The molecule has 0 aromatic rings. The molecule has 1 aliphatic carbocycles. The minimum absolute atomic E-state index is 0.0592. The maximum absolute atomic E-state index is 11.4. The lowest BCUT2D eigenvalue weighted by Crippen LogP contribution is -2.37. The lowest BCUT2D eigenvalue weighted by Gasteiger charge is -2.26. The predicted octanol–water partition coefficient (Wildman–Crippen LogP) is 0.910. The molecule has 6 heteroatoms. The van der Waals surface area contributed by atoms with Crippen LogP contribution < -0.4 is 0 Å². The summed E-state index contributed by atoms with van der Waals surface area (Å²) >= 11 is 0. The molecule has 1 saturated carbocycles. The summed E-state index contributed by atoms with van der Waals surface area (Å²) in [6.07, 6.45) is 2.59. The number of nitrogens with zero attached hydrogens (tertiary/aromatic N) is 2. The van der Waals surface area contributed by atoms with E-state index in [1.54, 1.807) is 6.92 Å². The maximum atomic E-state index is 11.4. The van der Waals surface area contributed by atoms with E-state index in [0.717, 1.165) is 12.8 Å². The van der Waals surface area contributed by atoms with Gasteiger partial charge in [-0.25, -0.2) is 4.79 Å². The molecule has 0 N–H and O–H groups in total. The summed E-state index contributed by atoms with van der Waals surface area (Å²) in [6.45, 7) is 3.22. The van der Waals surface area contributed by atoms with Crippen LogP contribution in [0.25, 0.3) is 5.53 Å². The van der Waals surface area contributed by atoms with Gasteiger partial charge in [0.25, 0.3) is 5.79 Å². The highest BCUT2D eigenvalue weighted by molar-refractivity contribution is 6.20. The Morgan fingerprint density at radius 2 is 2.12 bits per heavy atom. The molecule has 0 aliphatic heterocycles. The van der Waals surface area contributed by atoms with Gasteiger partial charge in [0.1, 0.15) is 0 Å². The van der Waals surface area contributed by atoms with Crippen molar-refractivity contribution in [3.8, 4) is 0 Å². The van der Waals surface area contributed by atoms with Crippen molar-refractivity contribution in [1.29, 1.82) is 0 Å². The summed E-state index contributed by atoms with van der Waals surface area (Å²) in [4.78, 5) is 25.0. The van der Waals surface area contributed by atoms with Crippen molar-refractivity contribution in [2.45, 2.75) is 38.9 Å². The Balaban J connectivity index is 2.57. The number of carbonyl (C=O) groups is 2. The average Bonchev–Trinajstić information content (AvgIpc) is 3.00. The van der Waals surface area contributed by atoms with Gasteiger partial charge in [-0.1, -0.05) is 6.92 Å². The van der Waals surface area contributed by atoms with E-state index in [2.05, 4.69) is 4.79 Å². The molecular weight excluding hydrogens is 212 g/mol. The zero-order valence-electron chi connectivity index (χ0n) is 9.30. The quantitative estimate of drug-likeness (QED) is 0.229. The Hall–Kier alpha value is -1.68. The smallest absolute Gasteiger partial charge is 0.416 e. The van der Waals surface area contributed by atoms with E-state index in [-0.39, 0.29) is 11.9 Å². The van der Waals surface area contributed by atoms with Crippen molar-refractivity contribution in [2.24, 2.45) is 5.92 Å². The summed E-state index contributed by atoms with van der Waals surface area (Å²) < 4.78 is 9.99. The monoisotopic (exact) mass is 226 g/mol. The van der Waals surface area contributed by atoms with Gasteiger partial charge in [-0.3, -0.25) is 4.79 Å². The number of esters is 2. The molecular formula is C10H14N2O4. The third-order valence-corrected chi connectivity index (χ3v) is 2.35. The molecule has 0 aromatic carbocycles. The number of carbonyl (C=O) groups excluding carboxylic acids is 2. The van der Waals surface area contributed by atoms with E-state index < -0.39 is 11.8 Å². The molecule has 0 spiro atoms. The third kappa shape index (κ3) is 3.47. The molecule has 0 saturated heterocycles. The van der Waals surface area contributed by atoms with Crippen molar-refractivity contribution >= 4 is 18.2 Å². The van der Waals surface area contributed by atoms with Crippen molar-refractivity contribution in [1.82, 2.24) is 0 Å². The van der Waals surface area contributed by atoms with Gasteiger partial charge in [0.15, 0.2) is 0 Å². The number of ether oxygens (including phenoxy) is 2. The van der Waals surface area contributed by atoms with Gasteiger partial charge in [-0.2, -0.15) is 4.79 Å². The van der Waals surface area contributed by atoms with Crippen molar-refractivity contribution in [3.05, 3.63) is 5.53 Å². The Morgan fingerprint density at radius 3 is 2.56 bits per heavy atom. The topological polar surface area (TPSA) is 89.0 Å². The fourth-order valence-corrected chi connectivity index (χ4v) is 1.07. The molecule has 1 atom stereocenters. The number of hydrogen-bond donors (Lipinski definition) is 0. The molecule has 0 bridgehead atoms. The van der Waals surface area contributed by atoms with E-state index in [0.29, 0.717) is 12.6 Å². The highest BCUT2D eigenvalue weighted by Crippen LogP contribution is 2.32. The summed E-state index contributed by atoms with van der Waals surface area (Å²) in [7, 11) is 0. The van der Waals surface area contributed by atoms with Gasteiger partial charge in [0.05, 0.1) is 5.92 Å². The highest BCUT2D eigenvalue weighted by Gasteiger charge is 2.38. The van der Waals surface area contributed by atoms with Crippen LogP contribution in [0.3, 0.4) is 0 Å². The van der Waals surface area contributed by atoms with E-state index >= 15 is 0 Å². The number of hydrogen-bond acceptors (Lipinski definition) is 4. The minimum atomic E-state index is -1.29. The fraction of sp³-hybridized carbons (Fsp3) is 0.700. The number of rotatable bonds is 5. The van der Waals surface area contributed by atoms with Crippen molar-refractivity contribution in [3.63, 3.8) is 0 Å². The molecule has 1 aliphatic rings. The van der Waals surface area contributed by atoms with Crippen LogP contribution in [-0.4, -0.2) is 28.7 Å². The average molecular weight is 226 g/mol. The van der Waals surface area contributed by atoms with Gasteiger partial charge < -0.3 is 15.0 Å². The summed E-state index contributed by atoms with van der Waals surface area (Å²) in [5, 5.41) is 0.